The van der Waals surface area contributed by atoms with Crippen molar-refractivity contribution in [2.24, 2.45) is 0 Å². The molecule has 2 aromatic rings. The Labute approximate surface area is 171 Å². The zero-order valence-electron chi connectivity index (χ0n) is 16.9. The van der Waals surface area contributed by atoms with Crippen molar-refractivity contribution in [2.45, 2.75) is 33.1 Å². The Morgan fingerprint density at radius 3 is 2.66 bits per heavy atom. The van der Waals surface area contributed by atoms with Crippen molar-refractivity contribution < 1.29 is 8.78 Å². The van der Waals surface area contributed by atoms with E-state index in [9.17, 15) is 8.78 Å². The summed E-state index contributed by atoms with van der Waals surface area (Å²) in [5.41, 5.74) is 5.55. The van der Waals surface area contributed by atoms with E-state index in [1.165, 1.54) is 18.2 Å². The number of allylic oxidation sites excluding steroid dienone is 6. The molecule has 4 rings (SSSR count). The molecule has 0 spiro atoms. The molecule has 0 fully saturated rings. The fraction of sp³-hybridized carbons (Fsp3) is 0.185. The second-order valence-corrected chi connectivity index (χ2v) is 6.81. The summed E-state index contributed by atoms with van der Waals surface area (Å²) in [6, 6.07) is 8.11. The maximum atomic E-state index is 14.4. The van der Waals surface area contributed by atoms with Gasteiger partial charge in [-0.1, -0.05) is 50.8 Å². The summed E-state index contributed by atoms with van der Waals surface area (Å²) in [6.45, 7) is 7.79. The fourth-order valence-corrected chi connectivity index (χ4v) is 3.82. The lowest BCUT2D eigenvalue weighted by Gasteiger charge is -2.23. The van der Waals surface area contributed by atoms with Gasteiger partial charge in [-0.3, -0.25) is 0 Å². The van der Waals surface area contributed by atoms with Crippen LogP contribution in [0.1, 0.15) is 43.4 Å². The van der Waals surface area contributed by atoms with Crippen molar-refractivity contribution in [2.75, 3.05) is 0 Å². The third-order valence-electron chi connectivity index (χ3n) is 5.07. The highest BCUT2D eigenvalue weighted by Gasteiger charge is 2.23. The Morgan fingerprint density at radius 1 is 1.10 bits per heavy atom. The van der Waals surface area contributed by atoms with E-state index in [0.717, 1.165) is 45.0 Å². The lowest BCUT2D eigenvalue weighted by molar-refractivity contribution is 0.617. The number of hydrogen-bond acceptors (Lipinski definition) is 0. The summed E-state index contributed by atoms with van der Waals surface area (Å²) in [6.07, 6.45) is 15.5. The molecule has 0 amide bonds. The lowest BCUT2D eigenvalue weighted by atomic mass is 9.80. The standard InChI is InChI=1S/C25H18F2.C2H6/c1-3-7-17-8-5-4-6-9-21(17)25-22-14-20(26)11-10-18(22)13-19-12-16(2)24(27)15-23(19)25;1-2/h1,4,6,8-12,14-15H,2,5,7,13H2;1-2H3. The van der Waals surface area contributed by atoms with Crippen molar-refractivity contribution in [3.63, 3.8) is 0 Å². The highest BCUT2D eigenvalue weighted by atomic mass is 19.1. The molecule has 29 heavy (non-hydrogen) atoms. The molecule has 0 heterocycles. The number of rotatable bonds is 2. The third kappa shape index (κ3) is 4.00. The van der Waals surface area contributed by atoms with E-state index in [0.29, 0.717) is 18.1 Å². The van der Waals surface area contributed by atoms with Gasteiger partial charge in [-0.2, -0.15) is 0 Å². The topological polar surface area (TPSA) is 0 Å². The molecular formula is C27H24F2. The first-order valence-electron chi connectivity index (χ1n) is 9.89. The maximum Gasteiger partial charge on any atom is 0.130 e. The van der Waals surface area contributed by atoms with Crippen molar-refractivity contribution in [1.82, 2.24) is 0 Å². The molecule has 0 saturated carbocycles. The molecule has 0 atom stereocenters. The summed E-state index contributed by atoms with van der Waals surface area (Å²) in [7, 11) is 0. The van der Waals surface area contributed by atoms with Crippen LogP contribution < -0.4 is 10.4 Å². The second kappa shape index (κ2) is 8.88. The number of fused-ring (bicyclic) bond motifs is 2. The molecular weight excluding hydrogens is 362 g/mol. The SMILES string of the molecule is C#CCC1=CCC=CC=C1C1=c2cc(F)c(=C)cc2Cc2ccc(F)cc21.CC. The second-order valence-electron chi connectivity index (χ2n) is 6.81. The summed E-state index contributed by atoms with van der Waals surface area (Å²) in [5, 5.41) is 1.15. The maximum absolute atomic E-state index is 14.4. The molecule has 0 nitrogen and oxygen atoms in total. The Kier molecular flexibility index (Phi) is 6.29. The molecule has 0 N–H and O–H groups in total. The Bertz CT molecular complexity index is 1180. The van der Waals surface area contributed by atoms with Gasteiger partial charge < -0.3 is 0 Å². The van der Waals surface area contributed by atoms with Crippen LogP contribution >= 0.6 is 0 Å². The van der Waals surface area contributed by atoms with Crippen LogP contribution in [0, 0.1) is 24.0 Å². The number of terminal acetylenes is 1. The van der Waals surface area contributed by atoms with Crippen molar-refractivity contribution in [3.05, 3.63) is 105 Å². The number of hydrogen-bond donors (Lipinski definition) is 0. The van der Waals surface area contributed by atoms with Gasteiger partial charge in [0.15, 0.2) is 0 Å². The van der Waals surface area contributed by atoms with Crippen LogP contribution in [-0.2, 0) is 6.42 Å². The molecule has 2 aromatic carbocycles. The van der Waals surface area contributed by atoms with Gasteiger partial charge in [0, 0.05) is 11.6 Å². The van der Waals surface area contributed by atoms with Crippen molar-refractivity contribution in [1.29, 1.82) is 0 Å². The molecule has 0 aliphatic heterocycles. The molecule has 0 bridgehead atoms. The first-order chi connectivity index (χ1) is 14.1. The highest BCUT2D eigenvalue weighted by Crippen LogP contribution is 2.35. The van der Waals surface area contributed by atoms with Crippen LogP contribution in [0.2, 0.25) is 0 Å². The van der Waals surface area contributed by atoms with Crippen molar-refractivity contribution >= 4 is 12.2 Å². The normalized spacial score (nSPS) is 14.4. The van der Waals surface area contributed by atoms with Gasteiger partial charge >= 0.3 is 0 Å². The summed E-state index contributed by atoms with van der Waals surface area (Å²) < 4.78 is 28.5. The highest BCUT2D eigenvalue weighted by molar-refractivity contribution is 5.87. The van der Waals surface area contributed by atoms with Gasteiger partial charge in [0.25, 0.3) is 0 Å². The Morgan fingerprint density at radius 2 is 1.90 bits per heavy atom. The van der Waals surface area contributed by atoms with Gasteiger partial charge in [0.05, 0.1) is 0 Å². The molecule has 146 valence electrons. The van der Waals surface area contributed by atoms with Gasteiger partial charge in [0.1, 0.15) is 11.6 Å². The first kappa shape index (κ1) is 20.6. The zero-order valence-corrected chi connectivity index (χ0v) is 16.9. The predicted octanol–water partition coefficient (Wildman–Crippen LogP) is 5.34. The first-order valence-corrected chi connectivity index (χ1v) is 9.89. The van der Waals surface area contributed by atoms with E-state index in [-0.39, 0.29) is 11.6 Å². The van der Waals surface area contributed by atoms with E-state index in [4.69, 9.17) is 6.42 Å². The van der Waals surface area contributed by atoms with Crippen molar-refractivity contribution in [3.8, 4) is 12.3 Å². The van der Waals surface area contributed by atoms with Crippen LogP contribution in [0.4, 0.5) is 8.78 Å². The monoisotopic (exact) mass is 386 g/mol. The average Bonchev–Trinajstić information content (AvgIpc) is 2.95. The molecule has 2 aliphatic rings. The summed E-state index contributed by atoms with van der Waals surface area (Å²) in [5.74, 6) is 2.03. The van der Waals surface area contributed by atoms with E-state index in [2.05, 4.69) is 18.6 Å². The Hall–Kier alpha value is -3.18. The minimum Gasteiger partial charge on any atom is -0.207 e. The molecule has 0 radical (unpaired) electrons. The Balaban J connectivity index is 0.00000117. The summed E-state index contributed by atoms with van der Waals surface area (Å²) >= 11 is 0. The smallest absolute Gasteiger partial charge is 0.130 e. The van der Waals surface area contributed by atoms with E-state index >= 15 is 0 Å². The zero-order chi connectivity index (χ0) is 21.0. The van der Waals surface area contributed by atoms with E-state index in [1.807, 2.05) is 32.1 Å². The lowest BCUT2D eigenvalue weighted by Crippen LogP contribution is -2.26. The van der Waals surface area contributed by atoms with Crippen LogP contribution in [-0.4, -0.2) is 0 Å². The van der Waals surface area contributed by atoms with E-state index < -0.39 is 0 Å². The minimum atomic E-state index is -0.363. The van der Waals surface area contributed by atoms with E-state index in [1.54, 1.807) is 12.1 Å². The van der Waals surface area contributed by atoms with Crippen LogP contribution in [0.15, 0.2) is 65.8 Å². The van der Waals surface area contributed by atoms with Crippen LogP contribution in [0.25, 0.3) is 12.2 Å². The largest absolute Gasteiger partial charge is 0.207 e. The summed E-state index contributed by atoms with van der Waals surface area (Å²) in [4.78, 5) is 0. The third-order valence-corrected chi connectivity index (χ3v) is 5.07. The van der Waals surface area contributed by atoms with Crippen LogP contribution in [0.3, 0.4) is 0 Å². The molecule has 2 aliphatic carbocycles. The van der Waals surface area contributed by atoms with Gasteiger partial charge in [0.2, 0.25) is 0 Å². The quantitative estimate of drug-likeness (QED) is 0.611. The molecule has 2 heteroatoms. The molecule has 0 saturated heterocycles. The van der Waals surface area contributed by atoms with Gasteiger partial charge in [-0.05, 0) is 75.7 Å². The number of halogens is 2. The fourth-order valence-electron chi connectivity index (χ4n) is 3.82. The van der Waals surface area contributed by atoms with Gasteiger partial charge in [-0.15, -0.1) is 12.3 Å². The molecule has 0 unspecified atom stereocenters. The molecule has 0 aromatic heterocycles. The van der Waals surface area contributed by atoms with Gasteiger partial charge in [-0.25, -0.2) is 8.78 Å². The number of benzene rings is 2. The van der Waals surface area contributed by atoms with Crippen LogP contribution in [0.5, 0.6) is 0 Å². The predicted molar refractivity (Wildman–Crippen MR) is 118 cm³/mol. The average molecular weight is 386 g/mol. The minimum absolute atomic E-state index is 0.309.